The van der Waals surface area contributed by atoms with Crippen LogP contribution in [0.5, 0.6) is 5.75 Å². The van der Waals surface area contributed by atoms with E-state index in [1.165, 1.54) is 24.8 Å². The van der Waals surface area contributed by atoms with Crippen molar-refractivity contribution in [1.82, 2.24) is 5.32 Å². The zero-order valence-corrected chi connectivity index (χ0v) is 10.9. The zero-order valence-electron chi connectivity index (χ0n) is 10.9. The fraction of sp³-hybridized carbons (Fsp3) is 0.600. The summed E-state index contributed by atoms with van der Waals surface area (Å²) in [6.07, 6.45) is 3.65. The Morgan fingerprint density at radius 1 is 1.28 bits per heavy atom. The maximum absolute atomic E-state index is 5.39. The van der Waals surface area contributed by atoms with Crippen LogP contribution in [0.15, 0.2) is 24.3 Å². The number of methoxy groups -OCH3 is 1. The molecule has 98 valence electrons. The number of hydrogen-bond donors (Lipinski definition) is 1. The van der Waals surface area contributed by atoms with Crippen LogP contribution >= 0.6 is 0 Å². The molecule has 2 fully saturated rings. The highest BCUT2D eigenvalue weighted by Crippen LogP contribution is 2.38. The van der Waals surface area contributed by atoms with E-state index in [0.29, 0.717) is 18.0 Å². The van der Waals surface area contributed by atoms with Crippen LogP contribution in [0.1, 0.15) is 30.7 Å². The standard InChI is InChI=1S/C15H21NO2/c1-17-15-4-2-3-11(9-15)12-7-14(8-12)16-13-5-6-18-10-13/h2-4,9,12-14,16H,5-8,10H2,1H3. The summed E-state index contributed by atoms with van der Waals surface area (Å²) in [5, 5.41) is 3.69. The van der Waals surface area contributed by atoms with Crippen LogP contribution in [0.25, 0.3) is 0 Å². The topological polar surface area (TPSA) is 30.5 Å². The van der Waals surface area contributed by atoms with Gasteiger partial charge in [-0.3, -0.25) is 0 Å². The summed E-state index contributed by atoms with van der Waals surface area (Å²) in [6, 6.07) is 9.73. The lowest BCUT2D eigenvalue weighted by Gasteiger charge is -2.38. The molecule has 1 saturated heterocycles. The van der Waals surface area contributed by atoms with Gasteiger partial charge in [-0.1, -0.05) is 12.1 Å². The predicted octanol–water partition coefficient (Wildman–Crippen LogP) is 2.32. The molecule has 18 heavy (non-hydrogen) atoms. The lowest BCUT2D eigenvalue weighted by molar-refractivity contribution is 0.180. The monoisotopic (exact) mass is 247 g/mol. The van der Waals surface area contributed by atoms with Crippen molar-refractivity contribution < 1.29 is 9.47 Å². The molecule has 1 unspecified atom stereocenters. The summed E-state index contributed by atoms with van der Waals surface area (Å²) in [5.41, 5.74) is 1.41. The van der Waals surface area contributed by atoms with Crippen molar-refractivity contribution in [3.63, 3.8) is 0 Å². The van der Waals surface area contributed by atoms with Crippen molar-refractivity contribution in [2.45, 2.75) is 37.3 Å². The largest absolute Gasteiger partial charge is 0.497 e. The molecule has 1 saturated carbocycles. The van der Waals surface area contributed by atoms with Crippen molar-refractivity contribution in [2.24, 2.45) is 0 Å². The molecular weight excluding hydrogens is 226 g/mol. The molecule has 1 aromatic rings. The SMILES string of the molecule is COc1cccc(C2CC(NC3CCOC3)C2)c1. The van der Waals surface area contributed by atoms with Crippen LogP contribution in [-0.4, -0.2) is 32.4 Å². The lowest BCUT2D eigenvalue weighted by Crippen LogP contribution is -2.45. The minimum Gasteiger partial charge on any atom is -0.497 e. The van der Waals surface area contributed by atoms with Crippen LogP contribution in [0, 0.1) is 0 Å². The van der Waals surface area contributed by atoms with Crippen molar-refractivity contribution >= 4 is 0 Å². The second kappa shape index (κ2) is 5.29. The van der Waals surface area contributed by atoms with Gasteiger partial charge in [0.1, 0.15) is 5.75 Å². The van der Waals surface area contributed by atoms with Gasteiger partial charge < -0.3 is 14.8 Å². The average Bonchev–Trinajstić information content (AvgIpc) is 2.86. The Kier molecular flexibility index (Phi) is 3.52. The maximum Gasteiger partial charge on any atom is 0.119 e. The quantitative estimate of drug-likeness (QED) is 0.885. The Morgan fingerprint density at radius 3 is 2.89 bits per heavy atom. The molecule has 3 rings (SSSR count). The van der Waals surface area contributed by atoms with E-state index in [1.807, 2.05) is 6.07 Å². The minimum atomic E-state index is 0.584. The number of rotatable bonds is 4. The van der Waals surface area contributed by atoms with Crippen LogP contribution in [0.2, 0.25) is 0 Å². The second-order valence-electron chi connectivity index (χ2n) is 5.37. The van der Waals surface area contributed by atoms with Gasteiger partial charge >= 0.3 is 0 Å². The van der Waals surface area contributed by atoms with Crippen LogP contribution in [0.4, 0.5) is 0 Å². The molecule has 1 N–H and O–H groups in total. The molecule has 0 bridgehead atoms. The highest BCUT2D eigenvalue weighted by molar-refractivity contribution is 5.32. The van der Waals surface area contributed by atoms with Crippen molar-refractivity contribution in [3.8, 4) is 5.75 Å². The van der Waals surface area contributed by atoms with Gasteiger partial charge in [-0.25, -0.2) is 0 Å². The van der Waals surface area contributed by atoms with Gasteiger partial charge in [-0.15, -0.1) is 0 Å². The predicted molar refractivity (Wildman–Crippen MR) is 71.1 cm³/mol. The highest BCUT2D eigenvalue weighted by atomic mass is 16.5. The highest BCUT2D eigenvalue weighted by Gasteiger charge is 2.32. The van der Waals surface area contributed by atoms with Crippen molar-refractivity contribution in [2.75, 3.05) is 20.3 Å². The van der Waals surface area contributed by atoms with E-state index in [9.17, 15) is 0 Å². The third-order valence-corrected chi connectivity index (χ3v) is 4.10. The van der Waals surface area contributed by atoms with E-state index in [2.05, 4.69) is 23.5 Å². The fourth-order valence-corrected chi connectivity index (χ4v) is 2.92. The second-order valence-corrected chi connectivity index (χ2v) is 5.37. The molecule has 3 nitrogen and oxygen atoms in total. The number of benzene rings is 1. The Bertz CT molecular complexity index is 395. The Hall–Kier alpha value is -1.06. The molecule has 3 heteroatoms. The number of nitrogens with one attached hydrogen (secondary N) is 1. The first kappa shape index (κ1) is 12.0. The summed E-state index contributed by atoms with van der Waals surface area (Å²) in [6.45, 7) is 1.81. The van der Waals surface area contributed by atoms with E-state index in [0.717, 1.165) is 19.0 Å². The molecule has 0 amide bonds. The molecule has 1 aliphatic heterocycles. The molecule has 1 aliphatic carbocycles. The normalized spacial score (nSPS) is 31.1. The molecule has 1 heterocycles. The zero-order chi connectivity index (χ0) is 12.4. The van der Waals surface area contributed by atoms with E-state index in [1.54, 1.807) is 7.11 Å². The molecular formula is C15H21NO2. The van der Waals surface area contributed by atoms with E-state index < -0.39 is 0 Å². The summed E-state index contributed by atoms with van der Waals surface area (Å²) < 4.78 is 10.7. The molecule has 2 aliphatic rings. The van der Waals surface area contributed by atoms with Gasteiger partial charge in [0.15, 0.2) is 0 Å². The van der Waals surface area contributed by atoms with Gasteiger partial charge in [0, 0.05) is 18.7 Å². The fourth-order valence-electron chi connectivity index (χ4n) is 2.92. The third kappa shape index (κ3) is 2.52. The van der Waals surface area contributed by atoms with E-state index in [-0.39, 0.29) is 0 Å². The first-order chi connectivity index (χ1) is 8.85. The third-order valence-electron chi connectivity index (χ3n) is 4.10. The Labute approximate surface area is 108 Å². The van der Waals surface area contributed by atoms with Gasteiger partial charge in [-0.05, 0) is 42.9 Å². The first-order valence-corrected chi connectivity index (χ1v) is 6.83. The molecule has 0 spiro atoms. The smallest absolute Gasteiger partial charge is 0.119 e. The molecule has 0 radical (unpaired) electrons. The Morgan fingerprint density at radius 2 is 2.17 bits per heavy atom. The van der Waals surface area contributed by atoms with Gasteiger partial charge in [0.05, 0.1) is 13.7 Å². The lowest BCUT2D eigenvalue weighted by atomic mass is 9.75. The molecule has 1 atom stereocenters. The van der Waals surface area contributed by atoms with Gasteiger partial charge in [0.2, 0.25) is 0 Å². The van der Waals surface area contributed by atoms with Crippen LogP contribution in [0.3, 0.4) is 0 Å². The summed E-state index contributed by atoms with van der Waals surface area (Å²) in [4.78, 5) is 0. The van der Waals surface area contributed by atoms with Crippen molar-refractivity contribution in [1.29, 1.82) is 0 Å². The Balaban J connectivity index is 1.51. The van der Waals surface area contributed by atoms with E-state index >= 15 is 0 Å². The average molecular weight is 247 g/mol. The maximum atomic E-state index is 5.39. The first-order valence-electron chi connectivity index (χ1n) is 6.83. The van der Waals surface area contributed by atoms with Crippen LogP contribution in [-0.2, 0) is 4.74 Å². The number of ether oxygens (including phenoxy) is 2. The minimum absolute atomic E-state index is 0.584. The number of hydrogen-bond acceptors (Lipinski definition) is 3. The van der Waals surface area contributed by atoms with Crippen LogP contribution < -0.4 is 10.1 Å². The molecule has 0 aromatic heterocycles. The van der Waals surface area contributed by atoms with E-state index in [4.69, 9.17) is 9.47 Å². The summed E-state index contributed by atoms with van der Waals surface area (Å²) in [7, 11) is 1.73. The summed E-state index contributed by atoms with van der Waals surface area (Å²) >= 11 is 0. The molecule has 1 aromatic carbocycles. The van der Waals surface area contributed by atoms with Gasteiger partial charge in [-0.2, -0.15) is 0 Å². The van der Waals surface area contributed by atoms with Crippen molar-refractivity contribution in [3.05, 3.63) is 29.8 Å². The van der Waals surface area contributed by atoms with Gasteiger partial charge in [0.25, 0.3) is 0 Å². The summed E-state index contributed by atoms with van der Waals surface area (Å²) in [5.74, 6) is 1.66.